The van der Waals surface area contributed by atoms with Crippen LogP contribution >= 0.6 is 0 Å². The molecule has 0 bridgehead atoms. The number of carbonyl (C=O) groups excluding carboxylic acids is 2. The molecule has 1 fully saturated rings. The number of hydrogen-bond acceptors (Lipinski definition) is 4. The molecule has 2 aromatic carbocycles. The molecule has 1 aliphatic rings. The van der Waals surface area contributed by atoms with Crippen LogP contribution in [0.4, 0.5) is 4.39 Å². The molecule has 2 heterocycles. The Hall–Kier alpha value is -3.55. The first-order valence-electron chi connectivity index (χ1n) is 11.6. The highest BCUT2D eigenvalue weighted by molar-refractivity contribution is 5.89. The average Bonchev–Trinajstić information content (AvgIpc) is 3.43. The third kappa shape index (κ3) is 5.16. The summed E-state index contributed by atoms with van der Waals surface area (Å²) >= 11 is 0. The summed E-state index contributed by atoms with van der Waals surface area (Å²) in [6, 6.07) is 16.5. The Morgan fingerprint density at radius 2 is 1.71 bits per heavy atom. The molecule has 7 nitrogen and oxygen atoms in total. The van der Waals surface area contributed by atoms with Gasteiger partial charge in [-0.3, -0.25) is 14.3 Å². The Morgan fingerprint density at radius 3 is 2.32 bits per heavy atom. The predicted octanol–water partition coefficient (Wildman–Crippen LogP) is 3.33. The van der Waals surface area contributed by atoms with Crippen LogP contribution in [0.3, 0.4) is 0 Å². The minimum atomic E-state index is -1.25. The van der Waals surface area contributed by atoms with E-state index in [2.05, 4.69) is 41.6 Å². The van der Waals surface area contributed by atoms with Crippen LogP contribution in [0.15, 0.2) is 60.8 Å². The van der Waals surface area contributed by atoms with Crippen molar-refractivity contribution in [2.24, 2.45) is 7.05 Å². The van der Waals surface area contributed by atoms with Gasteiger partial charge in [0.2, 0.25) is 11.8 Å². The number of amides is 2. The number of aromatic nitrogens is 3. The van der Waals surface area contributed by atoms with Gasteiger partial charge >= 0.3 is 0 Å². The molecule has 1 aliphatic heterocycles. The van der Waals surface area contributed by atoms with Crippen molar-refractivity contribution in [2.75, 3.05) is 6.54 Å². The molecular weight excluding hydrogens is 433 g/mol. The van der Waals surface area contributed by atoms with Crippen molar-refractivity contribution >= 4 is 11.8 Å². The van der Waals surface area contributed by atoms with Crippen molar-refractivity contribution in [1.82, 2.24) is 25.2 Å². The highest BCUT2D eigenvalue weighted by Gasteiger charge is 2.40. The summed E-state index contributed by atoms with van der Waals surface area (Å²) in [6.45, 7) is 4.17. The summed E-state index contributed by atoms with van der Waals surface area (Å²) in [7, 11) is 1.69. The van der Waals surface area contributed by atoms with Crippen LogP contribution in [0.1, 0.15) is 54.6 Å². The van der Waals surface area contributed by atoms with Crippen LogP contribution in [0.5, 0.6) is 0 Å². The van der Waals surface area contributed by atoms with Gasteiger partial charge < -0.3 is 10.2 Å². The fraction of sp³-hybridized carbons (Fsp3) is 0.385. The Labute approximate surface area is 199 Å². The lowest BCUT2D eigenvalue weighted by atomic mass is 9.95. The van der Waals surface area contributed by atoms with Crippen molar-refractivity contribution in [3.8, 4) is 0 Å². The highest BCUT2D eigenvalue weighted by Crippen LogP contribution is 2.27. The molecule has 3 aromatic rings. The number of nitrogens with zero attached hydrogens (tertiary/aromatic N) is 4. The zero-order valence-electron chi connectivity index (χ0n) is 19.7. The lowest BCUT2D eigenvalue weighted by Gasteiger charge is -2.27. The van der Waals surface area contributed by atoms with E-state index in [1.54, 1.807) is 7.05 Å². The average molecular weight is 464 g/mol. The van der Waals surface area contributed by atoms with E-state index >= 15 is 0 Å². The number of halogens is 1. The first kappa shape index (κ1) is 23.6. The molecule has 0 saturated carbocycles. The van der Waals surface area contributed by atoms with Gasteiger partial charge in [0.25, 0.3) is 0 Å². The molecule has 3 atom stereocenters. The molecule has 0 aliphatic carbocycles. The quantitative estimate of drug-likeness (QED) is 0.583. The summed E-state index contributed by atoms with van der Waals surface area (Å²) in [5.74, 6) is -0.283. The summed E-state index contributed by atoms with van der Waals surface area (Å²) in [5, 5.41) is 10.7. The smallest absolute Gasteiger partial charge is 0.243 e. The van der Waals surface area contributed by atoms with E-state index in [1.807, 2.05) is 42.5 Å². The topological polar surface area (TPSA) is 80.1 Å². The predicted molar refractivity (Wildman–Crippen MR) is 127 cm³/mol. The van der Waals surface area contributed by atoms with Gasteiger partial charge in [-0.25, -0.2) is 4.39 Å². The maximum Gasteiger partial charge on any atom is 0.243 e. The fourth-order valence-electron chi connectivity index (χ4n) is 4.35. The standard InChI is InChI=1S/C26H30FN5O2/c1-17(2)18-9-11-20(12-10-18)25(19-7-5-4-6-8-19)29-26(34)23-13-21(27)16-32(23)24(33)14-22-15-28-30-31(22)3/h4-12,15,17,21,23,25H,13-14,16H2,1-3H3,(H,29,34)/t21-,23?,25+/m1/s1. The minimum absolute atomic E-state index is 0.0127. The van der Waals surface area contributed by atoms with Gasteiger partial charge in [-0.2, -0.15) is 0 Å². The van der Waals surface area contributed by atoms with Crippen LogP contribution in [0, 0.1) is 0 Å². The fourth-order valence-corrected chi connectivity index (χ4v) is 4.35. The molecule has 178 valence electrons. The van der Waals surface area contributed by atoms with Crippen molar-refractivity contribution < 1.29 is 14.0 Å². The van der Waals surface area contributed by atoms with Crippen molar-refractivity contribution in [3.63, 3.8) is 0 Å². The van der Waals surface area contributed by atoms with Gasteiger partial charge in [-0.05, 0) is 22.6 Å². The lowest BCUT2D eigenvalue weighted by molar-refractivity contribution is -0.138. The Morgan fingerprint density at radius 1 is 1.06 bits per heavy atom. The third-order valence-electron chi connectivity index (χ3n) is 6.37. The maximum absolute atomic E-state index is 14.4. The van der Waals surface area contributed by atoms with Crippen LogP contribution in [0.25, 0.3) is 0 Å². The summed E-state index contributed by atoms with van der Waals surface area (Å²) in [4.78, 5) is 27.7. The molecule has 4 rings (SSSR count). The van der Waals surface area contributed by atoms with Crippen LogP contribution in [-0.4, -0.2) is 50.5 Å². The lowest BCUT2D eigenvalue weighted by Crippen LogP contribution is -2.47. The second kappa shape index (κ2) is 10.2. The molecule has 1 aromatic heterocycles. The van der Waals surface area contributed by atoms with E-state index in [-0.39, 0.29) is 31.2 Å². The van der Waals surface area contributed by atoms with Gasteiger partial charge in [0.05, 0.1) is 30.9 Å². The number of benzene rings is 2. The summed E-state index contributed by atoms with van der Waals surface area (Å²) < 4.78 is 15.9. The van der Waals surface area contributed by atoms with E-state index in [1.165, 1.54) is 21.3 Å². The summed E-state index contributed by atoms with van der Waals surface area (Å²) in [6.07, 6.45) is 0.251. The normalized spacial score (nSPS) is 18.8. The largest absolute Gasteiger partial charge is 0.343 e. The van der Waals surface area contributed by atoms with Crippen molar-refractivity contribution in [3.05, 3.63) is 83.2 Å². The first-order valence-corrected chi connectivity index (χ1v) is 11.6. The molecular formula is C26H30FN5O2. The monoisotopic (exact) mass is 463 g/mol. The van der Waals surface area contributed by atoms with Crippen LogP contribution in [-0.2, 0) is 23.1 Å². The Balaban J connectivity index is 1.56. The van der Waals surface area contributed by atoms with Crippen molar-refractivity contribution in [2.45, 2.75) is 50.9 Å². The molecule has 0 spiro atoms. The molecule has 1 unspecified atom stereocenters. The number of nitrogens with one attached hydrogen (secondary N) is 1. The number of likely N-dealkylation sites (tertiary alicyclic amines) is 1. The van der Waals surface area contributed by atoms with E-state index in [0.717, 1.165) is 11.1 Å². The number of carbonyl (C=O) groups is 2. The van der Waals surface area contributed by atoms with E-state index in [0.29, 0.717) is 11.6 Å². The van der Waals surface area contributed by atoms with Gasteiger partial charge in [0, 0.05) is 13.5 Å². The van der Waals surface area contributed by atoms with Gasteiger partial charge in [0.15, 0.2) is 0 Å². The minimum Gasteiger partial charge on any atom is -0.343 e. The molecule has 34 heavy (non-hydrogen) atoms. The maximum atomic E-state index is 14.4. The van der Waals surface area contributed by atoms with Crippen molar-refractivity contribution in [1.29, 1.82) is 0 Å². The van der Waals surface area contributed by atoms with Gasteiger partial charge in [-0.1, -0.05) is 73.7 Å². The van der Waals surface area contributed by atoms with E-state index in [9.17, 15) is 14.0 Å². The third-order valence-corrected chi connectivity index (χ3v) is 6.37. The zero-order chi connectivity index (χ0) is 24.2. The SMILES string of the molecule is CC(C)c1ccc([C@@H](NC(=O)C2C[C@@H](F)CN2C(=O)Cc2cnnn2C)c2ccccc2)cc1. The number of hydrogen-bond donors (Lipinski definition) is 1. The van der Waals surface area contributed by atoms with E-state index in [4.69, 9.17) is 0 Å². The van der Waals surface area contributed by atoms with E-state index < -0.39 is 18.3 Å². The molecule has 2 amide bonds. The number of rotatable bonds is 7. The second-order valence-corrected chi connectivity index (χ2v) is 9.09. The molecule has 8 heteroatoms. The van der Waals surface area contributed by atoms with Gasteiger partial charge in [-0.15, -0.1) is 5.10 Å². The molecule has 1 saturated heterocycles. The second-order valence-electron chi connectivity index (χ2n) is 9.09. The summed E-state index contributed by atoms with van der Waals surface area (Å²) in [5.41, 5.74) is 3.66. The molecule has 0 radical (unpaired) electrons. The highest BCUT2D eigenvalue weighted by atomic mass is 19.1. The Bertz CT molecular complexity index is 1130. The Kier molecular flexibility index (Phi) is 7.05. The number of alkyl halides is 1. The number of aryl methyl sites for hydroxylation is 1. The van der Waals surface area contributed by atoms with Crippen LogP contribution in [0.2, 0.25) is 0 Å². The first-order chi connectivity index (χ1) is 16.3. The zero-order valence-corrected chi connectivity index (χ0v) is 19.7. The van der Waals surface area contributed by atoms with Gasteiger partial charge in [0.1, 0.15) is 12.2 Å². The van der Waals surface area contributed by atoms with Crippen LogP contribution < -0.4 is 5.32 Å². The molecule has 1 N–H and O–H groups in total.